The third-order valence-corrected chi connectivity index (χ3v) is 10.3. The van der Waals surface area contributed by atoms with Crippen molar-refractivity contribution in [2.24, 2.45) is 0 Å². The van der Waals surface area contributed by atoms with Gasteiger partial charge in [-0.2, -0.15) is 8.78 Å². The average Bonchev–Trinajstić information content (AvgIpc) is 3.04. The van der Waals surface area contributed by atoms with Crippen LogP contribution in [0.2, 0.25) is 0 Å². The number of sulfonamides is 2. The molecule has 0 unspecified atom stereocenters. The molecule has 0 saturated heterocycles. The van der Waals surface area contributed by atoms with E-state index < -0.39 is 36.8 Å². The number of hydrogen-bond acceptors (Lipinski definition) is 8. The Balaban J connectivity index is 0.000000270. The second kappa shape index (κ2) is 17.4. The number of pyridine rings is 2. The van der Waals surface area contributed by atoms with Crippen molar-refractivity contribution in [1.82, 2.24) is 9.97 Å². The Morgan fingerprint density at radius 3 is 1.67 bits per heavy atom. The molecule has 4 aromatic rings. The molecular formula is C36H36F2N4O6S2Y2-2. The summed E-state index contributed by atoms with van der Waals surface area (Å²) in [5.41, 5.74) is 4.28. The number of halogens is 2. The van der Waals surface area contributed by atoms with E-state index in [0.717, 1.165) is 63.7 Å². The van der Waals surface area contributed by atoms with Crippen LogP contribution in [0, 0.1) is 25.7 Å². The van der Waals surface area contributed by atoms with E-state index in [1.807, 2.05) is 90.1 Å². The maximum atomic E-state index is 13.6. The molecule has 2 aliphatic rings. The van der Waals surface area contributed by atoms with Gasteiger partial charge in [0.2, 0.25) is 11.9 Å². The Bertz CT molecular complexity index is 2210. The largest absolute Gasteiger partial charge is 0.541 e. The van der Waals surface area contributed by atoms with Crippen molar-refractivity contribution in [3.05, 3.63) is 128 Å². The third-order valence-electron chi connectivity index (χ3n) is 7.62. The van der Waals surface area contributed by atoms with Crippen LogP contribution in [0.5, 0.6) is 11.5 Å². The van der Waals surface area contributed by atoms with Gasteiger partial charge in [0.25, 0.3) is 0 Å². The maximum Gasteiger partial charge on any atom is 0.229 e. The van der Waals surface area contributed by atoms with E-state index in [4.69, 9.17) is 9.47 Å². The van der Waals surface area contributed by atoms with E-state index in [-0.39, 0.29) is 94.6 Å². The Morgan fingerprint density at radius 2 is 1.21 bits per heavy atom. The Labute approximate surface area is 354 Å². The third kappa shape index (κ3) is 11.1. The number of nitrogens with zero attached hydrogens (tertiary/aromatic N) is 4. The maximum absolute atomic E-state index is 13.6. The molecule has 2 aromatic carbocycles. The molecule has 0 spiro atoms. The zero-order valence-corrected chi connectivity index (χ0v) is 36.8. The van der Waals surface area contributed by atoms with E-state index >= 15 is 0 Å². The van der Waals surface area contributed by atoms with Crippen molar-refractivity contribution in [1.29, 1.82) is 0 Å². The molecule has 0 fully saturated rings. The zero-order chi connectivity index (χ0) is 36.5. The fraction of sp³-hybridized carbons (Fsp3) is 0.278. The summed E-state index contributed by atoms with van der Waals surface area (Å²) in [6, 6.07) is 12.0. The van der Waals surface area contributed by atoms with Gasteiger partial charge < -0.3 is 18.9 Å². The van der Waals surface area contributed by atoms with Crippen molar-refractivity contribution in [2.75, 3.05) is 0 Å². The summed E-state index contributed by atoms with van der Waals surface area (Å²) in [5, 5.41) is 0. The molecule has 0 bridgehead atoms. The first-order chi connectivity index (χ1) is 23.3. The average molecular weight is 899 g/mol. The van der Waals surface area contributed by atoms with E-state index in [1.54, 1.807) is 0 Å². The summed E-state index contributed by atoms with van der Waals surface area (Å²) in [6.45, 7) is 11.6. The molecule has 0 amide bonds. The number of hydrogen-bond donors (Lipinski definition) is 0. The molecule has 0 N–H and O–H groups in total. The van der Waals surface area contributed by atoms with Gasteiger partial charge in [-0.25, -0.2) is 26.8 Å². The molecule has 10 nitrogen and oxygen atoms in total. The summed E-state index contributed by atoms with van der Waals surface area (Å²) in [7, 11) is -7.98. The summed E-state index contributed by atoms with van der Waals surface area (Å²) in [6.07, 6.45) is 9.96. The molecule has 52 heavy (non-hydrogen) atoms. The number of aromatic nitrogens is 2. The molecule has 2 aromatic heterocycles. The van der Waals surface area contributed by atoms with Crippen molar-refractivity contribution in [3.63, 3.8) is 0 Å². The van der Waals surface area contributed by atoms with Gasteiger partial charge in [-0.15, -0.1) is 13.1 Å². The summed E-state index contributed by atoms with van der Waals surface area (Å²) < 4.78 is 94.6. The minimum absolute atomic E-state index is 0. The predicted molar refractivity (Wildman–Crippen MR) is 187 cm³/mol. The monoisotopic (exact) mass is 898 g/mol. The molecular weight excluding hydrogens is 862 g/mol. The van der Waals surface area contributed by atoms with Gasteiger partial charge in [-0.1, -0.05) is 35.4 Å². The van der Waals surface area contributed by atoms with Gasteiger partial charge in [0.1, 0.15) is 47.6 Å². The van der Waals surface area contributed by atoms with Gasteiger partial charge in [0, 0.05) is 88.9 Å². The molecule has 270 valence electrons. The predicted octanol–water partition coefficient (Wildman–Crippen LogP) is 7.95. The van der Waals surface area contributed by atoms with Gasteiger partial charge in [0.15, 0.2) is 0 Å². The van der Waals surface area contributed by atoms with Crippen molar-refractivity contribution >= 4 is 32.2 Å². The summed E-state index contributed by atoms with van der Waals surface area (Å²) in [5.74, 6) is -0.218. The normalized spacial score (nSPS) is 14.9. The van der Waals surface area contributed by atoms with Crippen LogP contribution in [0.3, 0.4) is 0 Å². The topological polar surface area (TPSA) is 141 Å². The fourth-order valence-electron chi connectivity index (χ4n) is 5.18. The minimum Gasteiger partial charge on any atom is -0.541 e. The van der Waals surface area contributed by atoms with Crippen molar-refractivity contribution < 1.29 is 101 Å². The number of rotatable bonds is 8. The molecule has 6 rings (SSSR count). The molecule has 2 aliphatic heterocycles. The molecule has 4 heterocycles. The number of ether oxygens (including phenoxy) is 2. The summed E-state index contributed by atoms with van der Waals surface area (Å²) in [4.78, 5) is 6.06. The van der Waals surface area contributed by atoms with Crippen LogP contribution in [0.4, 0.5) is 8.78 Å². The smallest absolute Gasteiger partial charge is 0.229 e. The second-order valence-corrected chi connectivity index (χ2v) is 16.2. The van der Waals surface area contributed by atoms with Gasteiger partial charge in [-0.05, 0) is 101 Å². The molecule has 0 saturated carbocycles. The van der Waals surface area contributed by atoms with Crippen LogP contribution in [0.25, 0.3) is 21.6 Å². The quantitative estimate of drug-likeness (QED) is 0.163. The number of benzene rings is 2. The van der Waals surface area contributed by atoms with Crippen LogP contribution in [0.15, 0.2) is 82.9 Å². The van der Waals surface area contributed by atoms with Crippen LogP contribution in [-0.2, 0) is 98.6 Å². The molecule has 0 aliphatic carbocycles. The van der Waals surface area contributed by atoms with Gasteiger partial charge in [-0.3, -0.25) is 0 Å². The molecule has 16 heteroatoms. The Morgan fingerprint density at radius 1 is 0.712 bits per heavy atom. The van der Waals surface area contributed by atoms with Crippen LogP contribution in [0.1, 0.15) is 61.1 Å². The fourth-order valence-corrected chi connectivity index (χ4v) is 7.05. The molecule has 2 radical (unpaired) electrons. The standard InChI is InChI=1S/2C18H18FN2O3S.2Y/c1-12-8-13(9-14-6-7-18(2,3)24-17(12)14)10-21-25(22,23)15-4-5-16(19)20-11-15;1-12-9-13(10-14-6-7-18(2,3)24-16(12)14)11-21-25(22,23)15-5-4-8-20-17(15)19;;/h4-9,11H,10H2,1-3H3;4-10H,11H2,1-3H3;;/q2*-1;;/i2*19-1;;. The first kappa shape index (κ1) is 44.1. The van der Waals surface area contributed by atoms with Crippen molar-refractivity contribution in [2.45, 2.75) is 75.6 Å². The zero-order valence-electron chi connectivity index (χ0n) is 29.5. The summed E-state index contributed by atoms with van der Waals surface area (Å²) >= 11 is 0. The first-order valence-corrected chi connectivity index (χ1v) is 18.4. The SMILES string of the molecule is Cc1cc(C[N-]S(=O)(=O)c2ccc([18F])nc2)cc2c1OC(C)(C)C=C2.Cc1cc(C[N-]S(=O)(=O)c2cccnc2[18F])cc2c1OC(C)(C)C=C2.[Y].[Y]. The van der Waals surface area contributed by atoms with E-state index in [2.05, 4.69) is 19.4 Å². The van der Waals surface area contributed by atoms with E-state index in [1.165, 1.54) is 12.3 Å². The van der Waals surface area contributed by atoms with E-state index in [9.17, 15) is 25.6 Å². The van der Waals surface area contributed by atoms with Crippen molar-refractivity contribution in [3.8, 4) is 11.5 Å². The number of aryl methyl sites for hydroxylation is 2. The van der Waals surface area contributed by atoms with Crippen LogP contribution < -0.4 is 9.47 Å². The minimum atomic E-state index is -4.10. The Kier molecular flexibility index (Phi) is 14.8. The Hall–Kier alpha value is -2.29. The second-order valence-electron chi connectivity index (χ2n) is 12.9. The van der Waals surface area contributed by atoms with Crippen LogP contribution >= 0.6 is 0 Å². The molecule has 0 atom stereocenters. The van der Waals surface area contributed by atoms with Gasteiger partial charge >= 0.3 is 0 Å². The van der Waals surface area contributed by atoms with Crippen LogP contribution in [-0.4, -0.2) is 38.0 Å². The first-order valence-electron chi connectivity index (χ1n) is 15.5. The van der Waals surface area contributed by atoms with E-state index in [0.29, 0.717) is 5.56 Å². The van der Waals surface area contributed by atoms with Gasteiger partial charge in [0.05, 0.1) is 4.90 Å². The number of fused-ring (bicyclic) bond motifs is 2.